The van der Waals surface area contributed by atoms with Gasteiger partial charge in [-0.15, -0.1) is 0 Å². The number of hydroxylamine groups is 1. The largest absolute Gasteiger partial charge is 0.453 e. The lowest BCUT2D eigenvalue weighted by Crippen LogP contribution is -2.53. The van der Waals surface area contributed by atoms with Crippen LogP contribution < -0.4 is 5.48 Å². The number of likely N-dealkylation sites (tertiary alicyclic amines) is 1. The van der Waals surface area contributed by atoms with E-state index >= 15 is 0 Å². The number of allylic oxidation sites excluding steroid dienone is 2. The zero-order valence-electron chi connectivity index (χ0n) is 17.3. The normalized spacial score (nSPS) is 21.7. The molecule has 9 heteroatoms. The second kappa shape index (κ2) is 9.84. The highest BCUT2D eigenvalue weighted by Gasteiger charge is 2.45. The molecule has 2 fully saturated rings. The zero-order chi connectivity index (χ0) is 20.9. The third kappa shape index (κ3) is 5.12. The molecule has 2 N–H and O–H groups in total. The molecule has 0 aromatic heterocycles. The van der Waals surface area contributed by atoms with Crippen molar-refractivity contribution in [2.45, 2.75) is 46.5 Å². The highest BCUT2D eigenvalue weighted by Crippen LogP contribution is 2.35. The number of ether oxygens (including phenoxy) is 1. The van der Waals surface area contributed by atoms with E-state index in [1.807, 2.05) is 4.31 Å². The maximum atomic E-state index is 13.0. The topological polar surface area (TPSA) is 99.2 Å². The van der Waals surface area contributed by atoms with Crippen LogP contribution in [0.3, 0.4) is 0 Å². The van der Waals surface area contributed by atoms with Crippen LogP contribution in [-0.2, 0) is 20.5 Å². The number of carbonyl (C=O) groups excluding carboxylic acids is 2. The van der Waals surface area contributed by atoms with Gasteiger partial charge < -0.3 is 9.64 Å². The minimum atomic E-state index is -1.32. The summed E-state index contributed by atoms with van der Waals surface area (Å²) in [4.78, 5) is 25.6. The van der Waals surface area contributed by atoms with Crippen molar-refractivity contribution in [3.05, 3.63) is 11.1 Å². The van der Waals surface area contributed by atoms with Crippen LogP contribution in [0.1, 0.15) is 46.5 Å². The molecule has 0 spiro atoms. The average molecular weight is 416 g/mol. The van der Waals surface area contributed by atoms with Crippen LogP contribution in [0, 0.1) is 11.3 Å². The summed E-state index contributed by atoms with van der Waals surface area (Å²) in [7, 11) is 0.00219. The smallest absolute Gasteiger partial charge is 0.409 e. The number of carbonyl (C=O) groups is 2. The van der Waals surface area contributed by atoms with E-state index in [-0.39, 0.29) is 5.75 Å². The SMILES string of the molecule is COC(=O)N1CCC(CS(=O)N2CCC(C(C)=C(C)C)CC2)(C(=O)NO)CC1. The number of hydrogen-bond acceptors (Lipinski definition) is 5. The van der Waals surface area contributed by atoms with Crippen molar-refractivity contribution in [3.63, 3.8) is 0 Å². The Labute approximate surface area is 169 Å². The third-order valence-electron chi connectivity index (χ3n) is 6.28. The summed E-state index contributed by atoms with van der Waals surface area (Å²) in [5, 5.41) is 9.22. The Kier molecular flexibility index (Phi) is 8.03. The average Bonchev–Trinajstić information content (AvgIpc) is 2.72. The molecular formula is C19H33N3O5S. The van der Waals surface area contributed by atoms with Gasteiger partial charge in [-0.2, -0.15) is 0 Å². The maximum Gasteiger partial charge on any atom is 0.409 e. The van der Waals surface area contributed by atoms with Crippen molar-refractivity contribution in [1.29, 1.82) is 0 Å². The first-order valence-electron chi connectivity index (χ1n) is 9.79. The van der Waals surface area contributed by atoms with E-state index < -0.39 is 28.4 Å². The highest BCUT2D eigenvalue weighted by atomic mass is 32.2. The number of amides is 2. The number of rotatable bonds is 5. The predicted octanol–water partition coefficient (Wildman–Crippen LogP) is 2.07. The van der Waals surface area contributed by atoms with Crippen LogP contribution in [0.2, 0.25) is 0 Å². The first-order chi connectivity index (χ1) is 13.2. The lowest BCUT2D eigenvalue weighted by atomic mass is 9.79. The molecule has 2 aliphatic rings. The Hall–Kier alpha value is -1.45. The van der Waals surface area contributed by atoms with Gasteiger partial charge in [0, 0.05) is 26.2 Å². The van der Waals surface area contributed by atoms with Gasteiger partial charge in [0.1, 0.15) is 0 Å². The zero-order valence-corrected chi connectivity index (χ0v) is 18.1. The second-order valence-corrected chi connectivity index (χ2v) is 9.48. The molecule has 0 bridgehead atoms. The molecule has 0 radical (unpaired) electrons. The monoisotopic (exact) mass is 415 g/mol. The molecule has 2 rings (SSSR count). The number of nitrogens with one attached hydrogen (secondary N) is 1. The minimum absolute atomic E-state index is 0.153. The van der Waals surface area contributed by atoms with Gasteiger partial charge in [-0.05, 0) is 52.4 Å². The van der Waals surface area contributed by atoms with Crippen molar-refractivity contribution in [3.8, 4) is 0 Å². The molecule has 1 atom stereocenters. The number of nitrogens with zero attached hydrogens (tertiary/aromatic N) is 2. The number of methoxy groups -OCH3 is 1. The Bertz CT molecular complexity index is 631. The molecule has 2 amide bonds. The summed E-state index contributed by atoms with van der Waals surface area (Å²) in [6, 6.07) is 0. The fraction of sp³-hybridized carbons (Fsp3) is 0.789. The molecule has 2 heterocycles. The molecule has 2 aliphatic heterocycles. The molecule has 2 saturated heterocycles. The maximum absolute atomic E-state index is 13.0. The van der Waals surface area contributed by atoms with Crippen LogP contribution in [0.5, 0.6) is 0 Å². The minimum Gasteiger partial charge on any atom is -0.453 e. The summed E-state index contributed by atoms with van der Waals surface area (Å²) in [5.41, 5.74) is 3.55. The molecule has 0 aromatic carbocycles. The van der Waals surface area contributed by atoms with Crippen molar-refractivity contribution in [1.82, 2.24) is 14.7 Å². The molecule has 1 unspecified atom stereocenters. The lowest BCUT2D eigenvalue weighted by Gasteiger charge is -2.40. The van der Waals surface area contributed by atoms with Crippen molar-refractivity contribution >= 4 is 23.0 Å². The Balaban J connectivity index is 2.00. The molecule has 0 aliphatic carbocycles. The van der Waals surface area contributed by atoms with E-state index in [2.05, 4.69) is 20.8 Å². The van der Waals surface area contributed by atoms with E-state index in [0.29, 0.717) is 31.8 Å². The Morgan fingerprint density at radius 1 is 1.14 bits per heavy atom. The highest BCUT2D eigenvalue weighted by molar-refractivity contribution is 7.82. The van der Waals surface area contributed by atoms with E-state index in [0.717, 1.165) is 25.9 Å². The second-order valence-electron chi connectivity index (χ2n) is 8.03. The summed E-state index contributed by atoms with van der Waals surface area (Å²) >= 11 is 0. The van der Waals surface area contributed by atoms with Crippen LogP contribution in [0.4, 0.5) is 4.79 Å². The van der Waals surface area contributed by atoms with Gasteiger partial charge in [0.25, 0.3) is 5.91 Å². The van der Waals surface area contributed by atoms with Crippen molar-refractivity contribution < 1.29 is 23.7 Å². The third-order valence-corrected chi connectivity index (χ3v) is 8.02. The fourth-order valence-electron chi connectivity index (χ4n) is 4.03. The van der Waals surface area contributed by atoms with E-state index in [4.69, 9.17) is 4.74 Å². The molecule has 0 saturated carbocycles. The molecule has 8 nitrogen and oxygen atoms in total. The van der Waals surface area contributed by atoms with E-state index in [1.165, 1.54) is 23.2 Å². The van der Waals surface area contributed by atoms with E-state index in [1.54, 1.807) is 5.48 Å². The van der Waals surface area contributed by atoms with Crippen molar-refractivity contribution in [2.75, 3.05) is 39.0 Å². The Morgan fingerprint density at radius 3 is 2.18 bits per heavy atom. The van der Waals surface area contributed by atoms with Gasteiger partial charge in [-0.1, -0.05) is 11.1 Å². The van der Waals surface area contributed by atoms with Gasteiger partial charge in [0.2, 0.25) is 0 Å². The van der Waals surface area contributed by atoms with Crippen LogP contribution >= 0.6 is 0 Å². The number of hydrogen-bond donors (Lipinski definition) is 2. The molecule has 0 aromatic rings. The summed E-state index contributed by atoms with van der Waals surface area (Å²) in [6.07, 6.45) is 2.16. The first kappa shape index (κ1) is 22.8. The fourth-order valence-corrected chi connectivity index (χ4v) is 5.72. The summed E-state index contributed by atoms with van der Waals surface area (Å²) in [6.45, 7) is 8.54. The van der Waals surface area contributed by atoms with Crippen LogP contribution in [0.25, 0.3) is 0 Å². The standard InChI is InChI=1S/C19H33N3O5S/c1-14(2)15(3)16-5-9-22(10-6-16)28(26)13-19(17(23)20-25)7-11-21(12-8-19)18(24)27-4/h16,25H,5-13H2,1-4H3,(H,20,23). The van der Waals surface area contributed by atoms with Gasteiger partial charge >= 0.3 is 6.09 Å². The van der Waals surface area contributed by atoms with E-state index in [9.17, 15) is 19.0 Å². The van der Waals surface area contributed by atoms with Gasteiger partial charge in [0.15, 0.2) is 0 Å². The van der Waals surface area contributed by atoms with Crippen LogP contribution in [-0.4, -0.2) is 69.7 Å². The predicted molar refractivity (Wildman–Crippen MR) is 107 cm³/mol. The molecular weight excluding hydrogens is 382 g/mol. The van der Waals surface area contributed by atoms with Gasteiger partial charge in [-0.3, -0.25) is 10.0 Å². The lowest BCUT2D eigenvalue weighted by molar-refractivity contribution is -0.141. The van der Waals surface area contributed by atoms with Gasteiger partial charge in [0.05, 0.1) is 29.3 Å². The van der Waals surface area contributed by atoms with Crippen molar-refractivity contribution in [2.24, 2.45) is 11.3 Å². The number of piperidine rings is 2. The summed E-state index contributed by atoms with van der Waals surface area (Å²) in [5.74, 6) is 0.151. The Morgan fingerprint density at radius 2 is 1.71 bits per heavy atom. The summed E-state index contributed by atoms with van der Waals surface area (Å²) < 4.78 is 19.7. The quantitative estimate of drug-likeness (QED) is 0.407. The van der Waals surface area contributed by atoms with Gasteiger partial charge in [-0.25, -0.2) is 18.8 Å². The first-order valence-corrected chi connectivity index (χ1v) is 11.1. The molecule has 28 heavy (non-hydrogen) atoms. The molecule has 160 valence electrons. The van der Waals surface area contributed by atoms with Crippen LogP contribution in [0.15, 0.2) is 11.1 Å².